The molecule has 4 nitrogen and oxygen atoms in total. The molecule has 15 heavy (non-hydrogen) atoms. The summed E-state index contributed by atoms with van der Waals surface area (Å²) in [4.78, 5) is 15.3. The third-order valence-electron chi connectivity index (χ3n) is 2.44. The van der Waals surface area contributed by atoms with Gasteiger partial charge in [-0.1, -0.05) is 6.92 Å². The van der Waals surface area contributed by atoms with Crippen molar-refractivity contribution < 1.29 is 9.90 Å². The summed E-state index contributed by atoms with van der Waals surface area (Å²) in [5.74, 6) is -0.891. The van der Waals surface area contributed by atoms with E-state index in [0.29, 0.717) is 5.01 Å². The van der Waals surface area contributed by atoms with Gasteiger partial charge < -0.3 is 5.11 Å². The molecular weight excluding hydrogens is 212 g/mol. The first-order chi connectivity index (χ1) is 7.00. The smallest absolute Gasteiger partial charge is 0.330 e. The van der Waals surface area contributed by atoms with Crippen LogP contribution in [-0.4, -0.2) is 22.1 Å². The van der Waals surface area contributed by atoms with Crippen molar-refractivity contribution in [1.29, 1.82) is 0 Å². The van der Waals surface area contributed by atoms with Gasteiger partial charge >= 0.3 is 5.97 Å². The van der Waals surface area contributed by atoms with E-state index in [0.717, 1.165) is 6.42 Å². The topological polar surface area (TPSA) is 62.2 Å². The molecule has 2 atom stereocenters. The Morgan fingerprint density at radius 1 is 1.80 bits per heavy atom. The number of hydrogen-bond acceptors (Lipinski definition) is 4. The van der Waals surface area contributed by atoms with E-state index in [1.807, 2.05) is 13.8 Å². The Hall–Kier alpha value is -0.940. The third-order valence-corrected chi connectivity index (χ3v) is 3.43. The highest BCUT2D eigenvalue weighted by atomic mass is 32.1. The number of aliphatic carboxylic acids is 1. The van der Waals surface area contributed by atoms with Crippen LogP contribution in [0.3, 0.4) is 0 Å². The summed E-state index contributed by atoms with van der Waals surface area (Å²) >= 11 is 1.36. The SMILES string of the molecule is CCC(C)NC(C)(C(=O)O)c1nccs1. The molecule has 84 valence electrons. The first-order valence-electron chi connectivity index (χ1n) is 4.91. The lowest BCUT2D eigenvalue weighted by molar-refractivity contribution is -0.145. The molecule has 0 aliphatic rings. The van der Waals surface area contributed by atoms with Crippen molar-refractivity contribution in [3.63, 3.8) is 0 Å². The average Bonchev–Trinajstić information content (AvgIpc) is 2.70. The second kappa shape index (κ2) is 4.72. The molecule has 0 saturated carbocycles. The molecule has 0 amide bonds. The lowest BCUT2D eigenvalue weighted by Gasteiger charge is -2.27. The normalized spacial score (nSPS) is 17.0. The summed E-state index contributed by atoms with van der Waals surface area (Å²) in [5.41, 5.74) is -1.08. The first-order valence-corrected chi connectivity index (χ1v) is 5.79. The number of carboxylic acids is 1. The molecule has 0 fully saturated rings. The van der Waals surface area contributed by atoms with Gasteiger partial charge in [-0.2, -0.15) is 0 Å². The van der Waals surface area contributed by atoms with Crippen LogP contribution in [0.5, 0.6) is 0 Å². The number of carbonyl (C=O) groups is 1. The van der Waals surface area contributed by atoms with Crippen LogP contribution in [0.1, 0.15) is 32.2 Å². The maximum Gasteiger partial charge on any atom is 0.330 e. The molecule has 0 aliphatic heterocycles. The second-order valence-electron chi connectivity index (χ2n) is 3.72. The van der Waals surface area contributed by atoms with E-state index in [-0.39, 0.29) is 6.04 Å². The Morgan fingerprint density at radius 3 is 2.87 bits per heavy atom. The quantitative estimate of drug-likeness (QED) is 0.807. The molecule has 0 bridgehead atoms. The van der Waals surface area contributed by atoms with Crippen LogP contribution in [0.15, 0.2) is 11.6 Å². The highest BCUT2D eigenvalue weighted by Crippen LogP contribution is 2.24. The molecule has 1 rings (SSSR count). The maximum absolute atomic E-state index is 11.3. The van der Waals surface area contributed by atoms with Gasteiger partial charge in [0.25, 0.3) is 0 Å². The van der Waals surface area contributed by atoms with Crippen molar-refractivity contribution >= 4 is 17.3 Å². The highest BCUT2D eigenvalue weighted by Gasteiger charge is 2.38. The molecule has 2 unspecified atom stereocenters. The molecule has 0 saturated heterocycles. The van der Waals surface area contributed by atoms with Gasteiger partial charge in [0.15, 0.2) is 5.54 Å². The Bertz CT molecular complexity index is 326. The zero-order valence-corrected chi connectivity index (χ0v) is 9.97. The van der Waals surface area contributed by atoms with E-state index in [1.54, 1.807) is 18.5 Å². The van der Waals surface area contributed by atoms with Crippen molar-refractivity contribution in [3.05, 3.63) is 16.6 Å². The monoisotopic (exact) mass is 228 g/mol. The standard InChI is InChI=1S/C10H16N2O2S/c1-4-7(2)12-10(3,9(13)14)8-11-5-6-15-8/h5-7,12H,4H2,1-3H3,(H,13,14). The zero-order chi connectivity index (χ0) is 11.5. The fourth-order valence-corrected chi connectivity index (χ4v) is 2.03. The molecule has 1 aromatic heterocycles. The summed E-state index contributed by atoms with van der Waals surface area (Å²) in [7, 11) is 0. The Morgan fingerprint density at radius 2 is 2.47 bits per heavy atom. The zero-order valence-electron chi connectivity index (χ0n) is 9.15. The predicted octanol–water partition coefficient (Wildman–Crippen LogP) is 1.83. The van der Waals surface area contributed by atoms with Gasteiger partial charge in [-0.15, -0.1) is 11.3 Å². The van der Waals surface area contributed by atoms with E-state index in [2.05, 4.69) is 10.3 Å². The lowest BCUT2D eigenvalue weighted by Crippen LogP contribution is -2.50. The Balaban J connectivity index is 2.94. The number of aromatic nitrogens is 1. The van der Waals surface area contributed by atoms with E-state index < -0.39 is 11.5 Å². The lowest BCUT2D eigenvalue weighted by atomic mass is 10.0. The molecule has 0 aliphatic carbocycles. The minimum absolute atomic E-state index is 0.148. The minimum Gasteiger partial charge on any atom is -0.480 e. The van der Waals surface area contributed by atoms with E-state index in [1.165, 1.54) is 11.3 Å². The summed E-state index contributed by atoms with van der Waals surface area (Å²) in [6.45, 7) is 5.64. The summed E-state index contributed by atoms with van der Waals surface area (Å²) in [6.07, 6.45) is 2.51. The summed E-state index contributed by atoms with van der Waals surface area (Å²) in [6, 6.07) is 0.148. The van der Waals surface area contributed by atoms with Crippen LogP contribution in [0.2, 0.25) is 0 Å². The van der Waals surface area contributed by atoms with Crippen LogP contribution in [0, 0.1) is 0 Å². The second-order valence-corrected chi connectivity index (χ2v) is 4.62. The molecule has 0 spiro atoms. The van der Waals surface area contributed by atoms with Crippen LogP contribution in [0.4, 0.5) is 0 Å². The number of nitrogens with zero attached hydrogens (tertiary/aromatic N) is 1. The number of hydrogen-bond donors (Lipinski definition) is 2. The van der Waals surface area contributed by atoms with Crippen LogP contribution in [-0.2, 0) is 10.3 Å². The number of thiazole rings is 1. The third kappa shape index (κ3) is 2.54. The van der Waals surface area contributed by atoms with Gasteiger partial charge in [-0.3, -0.25) is 5.32 Å². The van der Waals surface area contributed by atoms with E-state index in [4.69, 9.17) is 0 Å². The fourth-order valence-electron chi connectivity index (χ4n) is 1.28. The van der Waals surface area contributed by atoms with Crippen molar-refractivity contribution in [2.75, 3.05) is 0 Å². The van der Waals surface area contributed by atoms with E-state index in [9.17, 15) is 9.90 Å². The van der Waals surface area contributed by atoms with Crippen LogP contribution < -0.4 is 5.32 Å². The molecule has 0 aromatic carbocycles. The highest BCUT2D eigenvalue weighted by molar-refractivity contribution is 7.09. The molecule has 5 heteroatoms. The number of rotatable bonds is 5. The predicted molar refractivity (Wildman–Crippen MR) is 60.0 cm³/mol. The van der Waals surface area contributed by atoms with Gasteiger partial charge in [0.2, 0.25) is 0 Å². The van der Waals surface area contributed by atoms with Crippen molar-refractivity contribution in [2.24, 2.45) is 0 Å². The molecule has 0 radical (unpaired) electrons. The Labute approximate surface area is 93.4 Å². The van der Waals surface area contributed by atoms with Gasteiger partial charge in [-0.25, -0.2) is 9.78 Å². The maximum atomic E-state index is 11.3. The van der Waals surface area contributed by atoms with Gasteiger partial charge in [0.05, 0.1) is 0 Å². The molecule has 1 heterocycles. The van der Waals surface area contributed by atoms with Gasteiger partial charge in [0.1, 0.15) is 5.01 Å². The number of nitrogens with one attached hydrogen (secondary N) is 1. The summed E-state index contributed by atoms with van der Waals surface area (Å²) < 4.78 is 0. The summed E-state index contributed by atoms with van der Waals surface area (Å²) in [5, 5.41) is 14.7. The molecular formula is C10H16N2O2S. The Kier molecular flexibility index (Phi) is 3.82. The van der Waals surface area contributed by atoms with Gasteiger partial charge in [-0.05, 0) is 20.3 Å². The van der Waals surface area contributed by atoms with Crippen molar-refractivity contribution in [2.45, 2.75) is 38.8 Å². The van der Waals surface area contributed by atoms with Crippen LogP contribution in [0.25, 0.3) is 0 Å². The van der Waals surface area contributed by atoms with Crippen molar-refractivity contribution in [3.8, 4) is 0 Å². The minimum atomic E-state index is -1.08. The van der Waals surface area contributed by atoms with Crippen molar-refractivity contribution in [1.82, 2.24) is 10.3 Å². The van der Waals surface area contributed by atoms with Crippen LogP contribution >= 0.6 is 11.3 Å². The largest absolute Gasteiger partial charge is 0.480 e. The molecule has 1 aromatic rings. The molecule has 2 N–H and O–H groups in total. The first kappa shape index (κ1) is 12.1. The average molecular weight is 228 g/mol. The van der Waals surface area contributed by atoms with E-state index >= 15 is 0 Å². The number of carboxylic acid groups (broad SMARTS) is 1. The van der Waals surface area contributed by atoms with Gasteiger partial charge in [0, 0.05) is 17.6 Å². The fraction of sp³-hybridized carbons (Fsp3) is 0.600.